The molecular formula is C12H29NO3Si. The quantitative estimate of drug-likeness (QED) is 0.712. The minimum absolute atomic E-state index is 0.592. The summed E-state index contributed by atoms with van der Waals surface area (Å²) in [6, 6.07) is 0. The van der Waals surface area contributed by atoms with Crippen LogP contribution < -0.4 is 5.73 Å². The lowest BCUT2D eigenvalue weighted by molar-refractivity contribution is 0.107. The van der Waals surface area contributed by atoms with Crippen molar-refractivity contribution >= 4 is 9.53 Å². The summed E-state index contributed by atoms with van der Waals surface area (Å²) in [5.74, 6) is 0.826. The van der Waals surface area contributed by atoms with Gasteiger partial charge in [-0.15, -0.1) is 0 Å². The molecule has 0 amide bonds. The van der Waals surface area contributed by atoms with Crippen LogP contribution in [0.1, 0.15) is 41.0 Å². The van der Waals surface area contributed by atoms with E-state index in [1.165, 1.54) is 6.42 Å². The van der Waals surface area contributed by atoms with Crippen molar-refractivity contribution in [1.29, 1.82) is 0 Å². The molecule has 1 saturated carbocycles. The van der Waals surface area contributed by atoms with Gasteiger partial charge in [0.1, 0.15) is 0 Å². The van der Waals surface area contributed by atoms with Crippen LogP contribution in [0.2, 0.25) is 0 Å². The molecule has 1 rings (SSSR count). The van der Waals surface area contributed by atoms with Crippen molar-refractivity contribution in [3.63, 3.8) is 0 Å². The highest BCUT2D eigenvalue weighted by Crippen LogP contribution is 2.50. The monoisotopic (exact) mass is 263 g/mol. The zero-order chi connectivity index (χ0) is 13.3. The zero-order valence-electron chi connectivity index (χ0n) is 12.0. The van der Waals surface area contributed by atoms with Gasteiger partial charge in [0.05, 0.1) is 0 Å². The third kappa shape index (κ3) is 7.89. The van der Waals surface area contributed by atoms with Gasteiger partial charge >= 0.3 is 9.53 Å². The summed E-state index contributed by atoms with van der Waals surface area (Å²) < 4.78 is 15.7. The van der Waals surface area contributed by atoms with Crippen molar-refractivity contribution in [3.8, 4) is 0 Å². The molecular weight excluding hydrogens is 234 g/mol. The van der Waals surface area contributed by atoms with Gasteiger partial charge in [-0.1, -0.05) is 13.8 Å². The van der Waals surface area contributed by atoms with Crippen LogP contribution in [0.3, 0.4) is 0 Å². The first kappa shape index (κ1) is 17.1. The van der Waals surface area contributed by atoms with Crippen LogP contribution in [-0.4, -0.2) is 35.9 Å². The van der Waals surface area contributed by atoms with Crippen molar-refractivity contribution in [2.24, 2.45) is 17.1 Å². The molecule has 0 aliphatic heterocycles. The van der Waals surface area contributed by atoms with Gasteiger partial charge in [-0.3, -0.25) is 0 Å². The molecule has 1 aliphatic rings. The Morgan fingerprint density at radius 3 is 1.53 bits per heavy atom. The minimum atomic E-state index is -1.73. The molecule has 1 fully saturated rings. The van der Waals surface area contributed by atoms with Crippen molar-refractivity contribution in [3.05, 3.63) is 0 Å². The number of hydrogen-bond acceptors (Lipinski definition) is 4. The minimum Gasteiger partial charge on any atom is -0.376 e. The van der Waals surface area contributed by atoms with Crippen molar-refractivity contribution < 1.29 is 13.3 Å². The Hall–Kier alpha value is 0.0569. The lowest BCUT2D eigenvalue weighted by Crippen LogP contribution is -2.27. The van der Waals surface area contributed by atoms with Crippen LogP contribution in [0.15, 0.2) is 0 Å². The average molecular weight is 263 g/mol. The van der Waals surface area contributed by atoms with Crippen molar-refractivity contribution in [2.45, 2.75) is 41.0 Å². The second-order valence-electron chi connectivity index (χ2n) is 4.78. The highest BCUT2D eigenvalue weighted by molar-refractivity contribution is 6.36. The normalized spacial score (nSPS) is 21.0. The van der Waals surface area contributed by atoms with Crippen LogP contribution in [0.4, 0.5) is 0 Å². The Bertz CT molecular complexity index is 176. The third-order valence-electron chi connectivity index (χ3n) is 2.91. The summed E-state index contributed by atoms with van der Waals surface area (Å²) in [5, 5.41) is 0. The average Bonchev–Trinajstić information content (AvgIpc) is 2.89. The molecule has 0 saturated heterocycles. The molecule has 0 heterocycles. The maximum absolute atomic E-state index is 5.41. The molecule has 1 aliphatic carbocycles. The maximum Gasteiger partial charge on any atom is 0.484 e. The van der Waals surface area contributed by atoms with Crippen LogP contribution in [-0.2, 0) is 13.3 Å². The Morgan fingerprint density at radius 2 is 1.41 bits per heavy atom. The summed E-state index contributed by atoms with van der Waals surface area (Å²) in [4.78, 5) is 0. The topological polar surface area (TPSA) is 53.7 Å². The summed E-state index contributed by atoms with van der Waals surface area (Å²) in [7, 11) is -1.73. The number of nitrogens with two attached hydrogens (primary N) is 1. The smallest absolute Gasteiger partial charge is 0.376 e. The van der Waals surface area contributed by atoms with Crippen LogP contribution in [0, 0.1) is 11.3 Å². The fraction of sp³-hybridized carbons (Fsp3) is 1.00. The summed E-state index contributed by atoms with van der Waals surface area (Å²) in [5.41, 5.74) is 6.00. The Morgan fingerprint density at radius 1 is 1.06 bits per heavy atom. The number of rotatable bonds is 7. The van der Waals surface area contributed by atoms with E-state index in [1.807, 2.05) is 20.8 Å². The van der Waals surface area contributed by atoms with Gasteiger partial charge in [-0.05, 0) is 45.1 Å². The van der Waals surface area contributed by atoms with E-state index in [4.69, 9.17) is 19.0 Å². The standard InChI is InChI=1S/C6H13N.C6H16O3Si/c1-6(2)3-5(6)4-7;1-4-7-10(8-5-2)9-6-3/h5H,3-4,7H2,1-2H3;10H,4-6H2,1-3H3. The molecule has 0 aromatic heterocycles. The molecule has 1 atom stereocenters. The second-order valence-corrected chi connectivity index (χ2v) is 6.36. The van der Waals surface area contributed by atoms with E-state index < -0.39 is 9.53 Å². The number of hydrogen-bond donors (Lipinski definition) is 1. The van der Waals surface area contributed by atoms with E-state index in [0.29, 0.717) is 25.2 Å². The molecule has 0 bridgehead atoms. The van der Waals surface area contributed by atoms with Crippen LogP contribution in [0.25, 0.3) is 0 Å². The van der Waals surface area contributed by atoms with Gasteiger partial charge in [0.2, 0.25) is 0 Å². The van der Waals surface area contributed by atoms with Gasteiger partial charge in [-0.2, -0.15) is 0 Å². The SMILES string of the molecule is CC1(C)CC1CN.CCO[SiH](OCC)OCC. The molecule has 4 nitrogen and oxygen atoms in total. The molecule has 0 radical (unpaired) electrons. The summed E-state index contributed by atoms with van der Waals surface area (Å²) in [6.45, 7) is 13.3. The molecule has 0 aromatic rings. The van der Waals surface area contributed by atoms with Gasteiger partial charge in [-0.25, -0.2) is 0 Å². The van der Waals surface area contributed by atoms with E-state index in [9.17, 15) is 0 Å². The van der Waals surface area contributed by atoms with Crippen LogP contribution in [0.5, 0.6) is 0 Å². The predicted octanol–water partition coefficient (Wildman–Crippen LogP) is 1.80. The van der Waals surface area contributed by atoms with Gasteiger partial charge in [0.25, 0.3) is 0 Å². The predicted molar refractivity (Wildman–Crippen MR) is 73.0 cm³/mol. The second kappa shape index (κ2) is 9.05. The lowest BCUT2D eigenvalue weighted by atomic mass is 10.1. The van der Waals surface area contributed by atoms with Crippen molar-refractivity contribution in [1.82, 2.24) is 0 Å². The van der Waals surface area contributed by atoms with Crippen molar-refractivity contribution in [2.75, 3.05) is 26.4 Å². The van der Waals surface area contributed by atoms with E-state index >= 15 is 0 Å². The van der Waals surface area contributed by atoms with E-state index in [1.54, 1.807) is 0 Å². The largest absolute Gasteiger partial charge is 0.484 e. The molecule has 0 aromatic carbocycles. The Kier molecular flexibility index (Phi) is 9.08. The first-order valence-electron chi connectivity index (χ1n) is 6.56. The molecule has 5 heteroatoms. The molecule has 104 valence electrons. The fourth-order valence-electron chi connectivity index (χ4n) is 1.53. The first-order chi connectivity index (χ1) is 8.01. The summed E-state index contributed by atoms with van der Waals surface area (Å²) in [6.07, 6.45) is 1.34. The maximum atomic E-state index is 5.41. The van der Waals surface area contributed by atoms with Gasteiger partial charge in [0, 0.05) is 19.8 Å². The van der Waals surface area contributed by atoms with E-state index in [-0.39, 0.29) is 0 Å². The molecule has 1 unspecified atom stereocenters. The zero-order valence-corrected chi connectivity index (χ0v) is 13.1. The van der Waals surface area contributed by atoms with Crippen LogP contribution >= 0.6 is 0 Å². The summed E-state index contributed by atoms with van der Waals surface area (Å²) >= 11 is 0. The first-order valence-corrected chi connectivity index (χ1v) is 7.98. The Labute approximate surface area is 108 Å². The molecule has 0 spiro atoms. The van der Waals surface area contributed by atoms with Gasteiger partial charge in [0.15, 0.2) is 0 Å². The highest BCUT2D eigenvalue weighted by atomic mass is 28.3. The highest BCUT2D eigenvalue weighted by Gasteiger charge is 2.43. The fourth-order valence-corrected chi connectivity index (χ4v) is 2.64. The third-order valence-corrected chi connectivity index (χ3v) is 4.73. The van der Waals surface area contributed by atoms with E-state index in [0.717, 1.165) is 12.5 Å². The molecule has 2 N–H and O–H groups in total. The Balaban J connectivity index is 0.000000318. The van der Waals surface area contributed by atoms with Gasteiger partial charge < -0.3 is 19.0 Å². The van der Waals surface area contributed by atoms with E-state index in [2.05, 4.69) is 13.8 Å². The lowest BCUT2D eigenvalue weighted by Gasteiger charge is -2.12. The molecule has 17 heavy (non-hydrogen) atoms.